The molecular formula is C31H39N3O4. The maximum absolute atomic E-state index is 13.9. The van der Waals surface area contributed by atoms with E-state index in [-0.39, 0.29) is 17.9 Å². The predicted molar refractivity (Wildman–Crippen MR) is 147 cm³/mol. The number of ether oxygens (including phenoxy) is 1. The smallest absolute Gasteiger partial charge is 0.257 e. The molecule has 7 nitrogen and oxygen atoms in total. The molecule has 1 aromatic heterocycles. The van der Waals surface area contributed by atoms with Crippen molar-refractivity contribution in [1.82, 2.24) is 10.1 Å². The van der Waals surface area contributed by atoms with E-state index >= 15 is 0 Å². The van der Waals surface area contributed by atoms with Crippen molar-refractivity contribution in [2.45, 2.75) is 77.2 Å². The fraction of sp³-hybridized carbons (Fsp3) is 0.516. The number of carbonyl (C=O) groups is 1. The summed E-state index contributed by atoms with van der Waals surface area (Å²) in [7, 11) is 1.72. The normalized spacial score (nSPS) is 23.7. The van der Waals surface area contributed by atoms with E-state index in [0.29, 0.717) is 42.9 Å². The van der Waals surface area contributed by atoms with Gasteiger partial charge >= 0.3 is 0 Å². The molecule has 0 atom stereocenters. The van der Waals surface area contributed by atoms with Crippen molar-refractivity contribution in [2.24, 2.45) is 11.8 Å². The molecule has 0 radical (unpaired) electrons. The molecule has 1 heterocycles. The minimum absolute atomic E-state index is 0.0497. The highest BCUT2D eigenvalue weighted by Crippen LogP contribution is 2.39. The van der Waals surface area contributed by atoms with Gasteiger partial charge in [0.25, 0.3) is 5.89 Å². The van der Waals surface area contributed by atoms with Gasteiger partial charge in [0, 0.05) is 23.7 Å². The zero-order chi connectivity index (χ0) is 26.6. The van der Waals surface area contributed by atoms with Gasteiger partial charge < -0.3 is 19.3 Å². The van der Waals surface area contributed by atoms with Gasteiger partial charge in [-0.05, 0) is 112 Å². The Labute approximate surface area is 225 Å². The molecule has 1 amide bonds. The Kier molecular flexibility index (Phi) is 8.12. The van der Waals surface area contributed by atoms with Gasteiger partial charge in [-0.2, -0.15) is 4.98 Å². The third kappa shape index (κ3) is 5.93. The lowest BCUT2D eigenvalue weighted by atomic mass is 9.78. The van der Waals surface area contributed by atoms with Crippen molar-refractivity contribution in [3.63, 3.8) is 0 Å². The average molecular weight is 518 g/mol. The number of benzene rings is 2. The van der Waals surface area contributed by atoms with Crippen LogP contribution in [-0.2, 0) is 4.79 Å². The molecule has 7 heteroatoms. The number of methoxy groups -OCH3 is 1. The summed E-state index contributed by atoms with van der Waals surface area (Å²) in [6.45, 7) is 4.61. The van der Waals surface area contributed by atoms with Gasteiger partial charge in [-0.25, -0.2) is 0 Å². The molecule has 2 aromatic carbocycles. The summed E-state index contributed by atoms with van der Waals surface area (Å²) < 4.78 is 10.8. The Hall–Kier alpha value is -3.19. The molecular weight excluding hydrogens is 478 g/mol. The topological polar surface area (TPSA) is 88.7 Å². The molecule has 0 spiro atoms. The third-order valence-electron chi connectivity index (χ3n) is 8.42. The summed E-state index contributed by atoms with van der Waals surface area (Å²) in [5, 5.41) is 13.9. The second kappa shape index (κ2) is 11.7. The SMILES string of the molecule is COc1ccc([C@H]2CC[C@H](CN(c3cccc(-c4nc(C)no4)c3)C(=O)[C@H]3CC[C@H](O)CC3)CC2)cc1C. The van der Waals surface area contributed by atoms with Crippen LogP contribution >= 0.6 is 0 Å². The monoisotopic (exact) mass is 517 g/mol. The summed E-state index contributed by atoms with van der Waals surface area (Å²) in [6.07, 6.45) is 7.00. The van der Waals surface area contributed by atoms with E-state index in [2.05, 4.69) is 35.3 Å². The molecule has 0 unspecified atom stereocenters. The van der Waals surface area contributed by atoms with Gasteiger partial charge in [0.05, 0.1) is 13.2 Å². The summed E-state index contributed by atoms with van der Waals surface area (Å²) in [4.78, 5) is 20.3. The molecule has 2 fully saturated rings. The van der Waals surface area contributed by atoms with Gasteiger partial charge in [0.2, 0.25) is 5.91 Å². The zero-order valence-corrected chi connectivity index (χ0v) is 22.7. The van der Waals surface area contributed by atoms with Gasteiger partial charge in [0.15, 0.2) is 5.82 Å². The van der Waals surface area contributed by atoms with Crippen molar-refractivity contribution < 1.29 is 19.2 Å². The molecule has 1 N–H and O–H groups in total. The second-order valence-corrected chi connectivity index (χ2v) is 11.1. The molecule has 2 aliphatic carbocycles. The van der Waals surface area contributed by atoms with Crippen LogP contribution in [0.15, 0.2) is 47.0 Å². The van der Waals surface area contributed by atoms with Gasteiger partial charge in [-0.3, -0.25) is 4.79 Å². The van der Waals surface area contributed by atoms with E-state index in [1.165, 1.54) is 11.1 Å². The van der Waals surface area contributed by atoms with Crippen molar-refractivity contribution >= 4 is 11.6 Å². The summed E-state index contributed by atoms with van der Waals surface area (Å²) in [5.74, 6) is 3.09. The number of hydrogen-bond donors (Lipinski definition) is 1. The van der Waals surface area contributed by atoms with Crippen LogP contribution in [0.25, 0.3) is 11.5 Å². The van der Waals surface area contributed by atoms with Crippen LogP contribution in [0.3, 0.4) is 0 Å². The largest absolute Gasteiger partial charge is 0.496 e. The van der Waals surface area contributed by atoms with Crippen molar-refractivity contribution in [3.8, 4) is 17.2 Å². The molecule has 5 rings (SSSR count). The lowest BCUT2D eigenvalue weighted by Crippen LogP contribution is -2.41. The Morgan fingerprint density at radius 2 is 1.79 bits per heavy atom. The van der Waals surface area contributed by atoms with Gasteiger partial charge in [-0.15, -0.1) is 0 Å². The number of anilines is 1. The molecule has 2 aliphatic rings. The minimum Gasteiger partial charge on any atom is -0.496 e. The molecule has 3 aromatic rings. The summed E-state index contributed by atoms with van der Waals surface area (Å²) in [6, 6.07) is 14.4. The third-order valence-corrected chi connectivity index (χ3v) is 8.42. The molecule has 0 saturated heterocycles. The Morgan fingerprint density at radius 3 is 2.45 bits per heavy atom. The fourth-order valence-electron chi connectivity index (χ4n) is 6.18. The quantitative estimate of drug-likeness (QED) is 0.400. The number of rotatable bonds is 7. The van der Waals surface area contributed by atoms with Crippen LogP contribution in [0.5, 0.6) is 5.75 Å². The van der Waals surface area contributed by atoms with Gasteiger partial charge in [0.1, 0.15) is 5.75 Å². The Morgan fingerprint density at radius 1 is 1.03 bits per heavy atom. The highest BCUT2D eigenvalue weighted by Gasteiger charge is 2.32. The maximum atomic E-state index is 13.9. The number of nitrogens with zero attached hydrogens (tertiary/aromatic N) is 3. The van der Waals surface area contributed by atoms with E-state index in [9.17, 15) is 9.90 Å². The molecule has 38 heavy (non-hydrogen) atoms. The van der Waals surface area contributed by atoms with Crippen molar-refractivity contribution in [2.75, 3.05) is 18.6 Å². The predicted octanol–water partition coefficient (Wildman–Crippen LogP) is 6.22. The standard InChI is InChI=1S/C31H39N3O4/c1-20-17-25(13-16-29(20)37-3)23-9-7-22(8-10-23)19-34(31(36)24-11-14-28(35)15-12-24)27-6-4-5-26(18-27)30-32-21(2)33-38-30/h4-6,13,16-18,22-24,28,35H,7-12,14-15,19H2,1-3H3/t22-,23-,24-,28-. The number of amides is 1. The number of hydrogen-bond acceptors (Lipinski definition) is 6. The first-order chi connectivity index (χ1) is 18.4. The number of aryl methyl sites for hydroxylation is 2. The van der Waals surface area contributed by atoms with Crippen molar-refractivity contribution in [1.29, 1.82) is 0 Å². The van der Waals surface area contributed by atoms with Gasteiger partial charge in [-0.1, -0.05) is 23.4 Å². The molecule has 0 aliphatic heterocycles. The number of aromatic nitrogens is 2. The average Bonchev–Trinajstić information content (AvgIpc) is 3.38. The first kappa shape index (κ1) is 26.4. The van der Waals surface area contributed by atoms with E-state index in [1.807, 2.05) is 29.2 Å². The number of aliphatic hydroxyl groups excluding tert-OH is 1. The van der Waals surface area contributed by atoms with E-state index in [1.54, 1.807) is 14.0 Å². The van der Waals surface area contributed by atoms with Crippen LogP contribution in [0.2, 0.25) is 0 Å². The molecule has 202 valence electrons. The van der Waals surface area contributed by atoms with Crippen LogP contribution in [0.4, 0.5) is 5.69 Å². The molecule has 2 saturated carbocycles. The minimum atomic E-state index is -0.284. The number of carbonyl (C=O) groups excluding carboxylic acids is 1. The van der Waals surface area contributed by atoms with Crippen LogP contribution in [0, 0.1) is 25.7 Å². The first-order valence-corrected chi connectivity index (χ1v) is 14.0. The lowest BCUT2D eigenvalue weighted by molar-refractivity contribution is -0.124. The Balaban J connectivity index is 1.32. The maximum Gasteiger partial charge on any atom is 0.257 e. The Bertz CT molecular complexity index is 1240. The van der Waals surface area contributed by atoms with E-state index in [0.717, 1.165) is 55.5 Å². The van der Waals surface area contributed by atoms with E-state index < -0.39 is 0 Å². The van der Waals surface area contributed by atoms with Crippen LogP contribution in [-0.4, -0.2) is 40.9 Å². The summed E-state index contributed by atoms with van der Waals surface area (Å²) >= 11 is 0. The molecule has 0 bridgehead atoms. The van der Waals surface area contributed by atoms with E-state index in [4.69, 9.17) is 9.26 Å². The fourth-order valence-corrected chi connectivity index (χ4v) is 6.18. The number of aliphatic hydroxyl groups is 1. The van der Waals surface area contributed by atoms with Crippen molar-refractivity contribution in [3.05, 3.63) is 59.4 Å². The van der Waals surface area contributed by atoms with Crippen LogP contribution < -0.4 is 9.64 Å². The highest BCUT2D eigenvalue weighted by atomic mass is 16.5. The second-order valence-electron chi connectivity index (χ2n) is 11.1. The zero-order valence-electron chi connectivity index (χ0n) is 22.7. The first-order valence-electron chi connectivity index (χ1n) is 14.0. The lowest BCUT2D eigenvalue weighted by Gasteiger charge is -2.36. The summed E-state index contributed by atoms with van der Waals surface area (Å²) in [5.41, 5.74) is 4.26. The highest BCUT2D eigenvalue weighted by molar-refractivity contribution is 5.95. The van der Waals surface area contributed by atoms with Crippen LogP contribution in [0.1, 0.15) is 74.2 Å².